The smallest absolute Gasteiger partial charge is 0.0602 e. The fourth-order valence-electron chi connectivity index (χ4n) is 9.14. The average Bonchev–Trinajstić information content (AvgIpc) is 3.87. The maximum absolute atomic E-state index is 2.39. The Kier molecular flexibility index (Phi) is 8.55. The molecule has 0 spiro atoms. The Balaban J connectivity index is 0.923. The van der Waals surface area contributed by atoms with Crippen LogP contribution in [-0.4, -0.2) is 19.1 Å². The molecule has 2 aromatic heterocycles. The van der Waals surface area contributed by atoms with Crippen LogP contribution in [0, 0.1) is 0 Å². The van der Waals surface area contributed by atoms with Gasteiger partial charge in [0.25, 0.3) is 0 Å². The first kappa shape index (κ1) is 35.5. The van der Waals surface area contributed by atoms with Crippen molar-refractivity contribution in [2.45, 2.75) is 0 Å². The molecule has 0 aliphatic rings. The molecule has 0 N–H and O–H groups in total. The summed E-state index contributed by atoms with van der Waals surface area (Å²) >= 11 is 0.365. The van der Waals surface area contributed by atoms with Crippen LogP contribution in [0.1, 0.15) is 0 Å². The SMILES string of the molecule is c1ccc(-n2c3ccccc3c3cc(-c4ccc(N(c5ccc(-c6ccc7ccccc7c6)cc5)c5ccc(-c6ccc7[se]c8ccccc8c7c6)cc5)cc4)ccc32)cc1. The number of anilines is 3. The van der Waals surface area contributed by atoms with E-state index in [9.17, 15) is 0 Å². The third-order valence-electron chi connectivity index (χ3n) is 12.2. The number of hydrogen-bond acceptors (Lipinski definition) is 1. The van der Waals surface area contributed by atoms with Gasteiger partial charge in [-0.3, -0.25) is 0 Å². The maximum atomic E-state index is 2.39. The quantitative estimate of drug-likeness (QED) is 0.145. The number of nitrogens with zero attached hydrogens (tertiary/aromatic N) is 2. The summed E-state index contributed by atoms with van der Waals surface area (Å²) in [5, 5.41) is 7.78. The van der Waals surface area contributed by atoms with E-state index in [1.807, 2.05) is 0 Å². The molecule has 2 heterocycles. The fourth-order valence-corrected chi connectivity index (χ4v) is 11.4. The normalized spacial score (nSPS) is 11.6. The number of hydrogen-bond donors (Lipinski definition) is 0. The van der Waals surface area contributed by atoms with Crippen molar-refractivity contribution in [3.63, 3.8) is 0 Å². The Morgan fingerprint density at radius 2 is 0.770 bits per heavy atom. The number of para-hydroxylation sites is 2. The van der Waals surface area contributed by atoms with E-state index in [-0.39, 0.29) is 0 Å². The minimum Gasteiger partial charge on any atom is -0.0602 e. The molecular formula is C58H38N2Se. The Morgan fingerprint density at radius 3 is 1.46 bits per heavy atom. The molecule has 0 aliphatic heterocycles. The Labute approximate surface area is 360 Å². The van der Waals surface area contributed by atoms with E-state index in [4.69, 9.17) is 0 Å². The van der Waals surface area contributed by atoms with Crippen molar-refractivity contribution in [2.24, 2.45) is 0 Å². The first-order valence-electron chi connectivity index (χ1n) is 20.8. The molecule has 0 unspecified atom stereocenters. The minimum absolute atomic E-state index is 0.365. The van der Waals surface area contributed by atoms with Crippen molar-refractivity contribution < 1.29 is 0 Å². The molecule has 61 heavy (non-hydrogen) atoms. The topological polar surface area (TPSA) is 8.17 Å². The van der Waals surface area contributed by atoms with Gasteiger partial charge < -0.3 is 4.57 Å². The second-order valence-corrected chi connectivity index (χ2v) is 18.0. The average molecular weight is 842 g/mol. The standard InChI is InChI=1S/C58H38N2Se/c1-2-12-47(13-3-1)60-55-16-8-6-14-51(55)53-37-45(26-34-56(53)60)41-22-30-49(31-23-41)59(48-28-20-40(21-29-48)44-19-18-39-10-4-5-11-43(39)36-44)50-32-24-42(25-33-50)46-27-35-58-54(38-46)52-15-7-9-17-57(52)61-58/h1-38H. The van der Waals surface area contributed by atoms with Crippen molar-refractivity contribution in [1.82, 2.24) is 4.57 Å². The van der Waals surface area contributed by atoms with Crippen molar-refractivity contribution in [1.29, 1.82) is 0 Å². The number of fused-ring (bicyclic) bond motifs is 7. The van der Waals surface area contributed by atoms with Crippen molar-refractivity contribution in [2.75, 3.05) is 4.90 Å². The van der Waals surface area contributed by atoms with Gasteiger partial charge in [0.05, 0.1) is 11.0 Å². The number of aromatic nitrogens is 1. The number of rotatable bonds is 7. The van der Waals surface area contributed by atoms with Crippen LogP contribution in [0.2, 0.25) is 0 Å². The predicted molar refractivity (Wildman–Crippen MR) is 261 cm³/mol. The summed E-state index contributed by atoms with van der Waals surface area (Å²) in [5.74, 6) is 0. The van der Waals surface area contributed by atoms with E-state index in [0.717, 1.165) is 17.1 Å². The van der Waals surface area contributed by atoms with E-state index in [1.165, 1.54) is 90.9 Å². The molecule has 0 bridgehead atoms. The minimum atomic E-state index is 0.365. The van der Waals surface area contributed by atoms with E-state index in [1.54, 1.807) is 0 Å². The predicted octanol–water partition coefficient (Wildman–Crippen LogP) is 15.8. The zero-order chi connectivity index (χ0) is 40.3. The van der Waals surface area contributed by atoms with Crippen LogP contribution < -0.4 is 4.90 Å². The van der Waals surface area contributed by atoms with Gasteiger partial charge >= 0.3 is 182 Å². The molecule has 0 saturated heterocycles. The van der Waals surface area contributed by atoms with Gasteiger partial charge in [-0.15, -0.1) is 0 Å². The van der Waals surface area contributed by atoms with Crippen LogP contribution in [0.4, 0.5) is 17.1 Å². The molecule has 0 saturated carbocycles. The molecule has 0 radical (unpaired) electrons. The Morgan fingerprint density at radius 1 is 0.295 bits per heavy atom. The van der Waals surface area contributed by atoms with Crippen molar-refractivity contribution in [3.8, 4) is 39.1 Å². The van der Waals surface area contributed by atoms with Gasteiger partial charge in [-0.05, 0) is 69.4 Å². The summed E-state index contributed by atoms with van der Waals surface area (Å²) in [7, 11) is 0. The molecule has 0 atom stereocenters. The Hall–Kier alpha value is -7.42. The summed E-state index contributed by atoms with van der Waals surface area (Å²) in [6.45, 7) is 0. The van der Waals surface area contributed by atoms with Crippen LogP contribution in [0.15, 0.2) is 231 Å². The third-order valence-corrected chi connectivity index (χ3v) is 14.6. The monoisotopic (exact) mass is 842 g/mol. The molecule has 12 aromatic rings. The molecule has 10 aromatic carbocycles. The van der Waals surface area contributed by atoms with E-state index >= 15 is 0 Å². The van der Waals surface area contributed by atoms with Crippen LogP contribution in [0.3, 0.4) is 0 Å². The van der Waals surface area contributed by atoms with Crippen LogP contribution >= 0.6 is 0 Å². The van der Waals surface area contributed by atoms with Gasteiger partial charge in [-0.25, -0.2) is 0 Å². The summed E-state index contributed by atoms with van der Waals surface area (Å²) in [6, 6.07) is 84.6. The van der Waals surface area contributed by atoms with E-state index in [2.05, 4.69) is 240 Å². The van der Waals surface area contributed by atoms with Gasteiger partial charge in [-0.1, -0.05) is 78.9 Å². The molecule has 0 fully saturated rings. The number of benzene rings is 10. The van der Waals surface area contributed by atoms with Gasteiger partial charge in [0.1, 0.15) is 0 Å². The summed E-state index contributed by atoms with van der Waals surface area (Å²) in [4.78, 5) is 2.37. The molecule has 0 aliphatic carbocycles. The van der Waals surface area contributed by atoms with Crippen LogP contribution in [0.25, 0.3) is 90.9 Å². The molecular weight excluding hydrogens is 804 g/mol. The van der Waals surface area contributed by atoms with Crippen LogP contribution in [-0.2, 0) is 0 Å². The molecule has 286 valence electrons. The summed E-state index contributed by atoms with van der Waals surface area (Å²) in [6.07, 6.45) is 0. The molecule has 3 heteroatoms. The zero-order valence-electron chi connectivity index (χ0n) is 33.2. The van der Waals surface area contributed by atoms with Crippen molar-refractivity contribution >= 4 is 83.4 Å². The van der Waals surface area contributed by atoms with E-state index < -0.39 is 0 Å². The summed E-state index contributed by atoms with van der Waals surface area (Å²) in [5.41, 5.74) is 14.2. The molecule has 2 nitrogen and oxygen atoms in total. The third kappa shape index (κ3) is 6.26. The van der Waals surface area contributed by atoms with Crippen LogP contribution in [0.5, 0.6) is 0 Å². The first-order chi connectivity index (χ1) is 30.2. The van der Waals surface area contributed by atoms with Crippen molar-refractivity contribution in [3.05, 3.63) is 231 Å². The second kappa shape index (κ2) is 14.7. The fraction of sp³-hybridized carbons (Fsp3) is 0. The summed E-state index contributed by atoms with van der Waals surface area (Å²) < 4.78 is 5.31. The molecule has 0 amide bonds. The van der Waals surface area contributed by atoms with E-state index in [0.29, 0.717) is 14.5 Å². The zero-order valence-corrected chi connectivity index (χ0v) is 35.0. The Bertz CT molecular complexity index is 3560. The first-order valence-corrected chi connectivity index (χ1v) is 22.5. The van der Waals surface area contributed by atoms with Gasteiger partial charge in [-0.2, -0.15) is 0 Å². The van der Waals surface area contributed by atoms with Gasteiger partial charge in [0.15, 0.2) is 0 Å². The molecule has 12 rings (SSSR count). The van der Waals surface area contributed by atoms with Gasteiger partial charge in [0, 0.05) is 16.5 Å². The second-order valence-electron chi connectivity index (χ2n) is 15.8. The van der Waals surface area contributed by atoms with Gasteiger partial charge in [0.2, 0.25) is 0 Å².